The van der Waals surface area contributed by atoms with Crippen LogP contribution in [0, 0.1) is 5.92 Å². The van der Waals surface area contributed by atoms with E-state index in [1.165, 1.54) is 6.08 Å². The van der Waals surface area contributed by atoms with Crippen LogP contribution in [-0.2, 0) is 19.1 Å². The Morgan fingerprint density at radius 3 is 2.81 bits per heavy atom. The molecule has 0 aromatic heterocycles. The van der Waals surface area contributed by atoms with Crippen LogP contribution in [0.15, 0.2) is 47.1 Å². The molecule has 0 aromatic carbocycles. The van der Waals surface area contributed by atoms with Gasteiger partial charge in [0.2, 0.25) is 0 Å². The number of hydrogen-bond donors (Lipinski definition) is 2. The monoisotopic (exact) mass is 362 g/mol. The summed E-state index contributed by atoms with van der Waals surface area (Å²) < 4.78 is 11.1. The molecule has 4 atom stereocenters. The maximum Gasteiger partial charge on any atom is 0.334 e. The van der Waals surface area contributed by atoms with Crippen molar-refractivity contribution in [3.63, 3.8) is 0 Å². The first-order valence-electron chi connectivity index (χ1n) is 8.65. The van der Waals surface area contributed by atoms with Gasteiger partial charge in [0.15, 0.2) is 0 Å². The summed E-state index contributed by atoms with van der Waals surface area (Å²) in [4.78, 5) is 24.4. The van der Waals surface area contributed by atoms with Crippen molar-refractivity contribution < 1.29 is 29.3 Å². The van der Waals surface area contributed by atoms with Crippen LogP contribution in [0.25, 0.3) is 0 Å². The fourth-order valence-electron chi connectivity index (χ4n) is 3.14. The zero-order chi connectivity index (χ0) is 19.4. The SMILES string of the molecule is C=C1C(=O)O[C@@H]2C=C(C)[C@H](O)CC=C(C)C[C@@H](OC(=O)C(C)=CCO)[C@@H]12. The molecular formula is C20H26O6. The Labute approximate surface area is 153 Å². The summed E-state index contributed by atoms with van der Waals surface area (Å²) in [6.07, 6.45) is 3.87. The summed E-state index contributed by atoms with van der Waals surface area (Å²) >= 11 is 0. The Balaban J connectivity index is 2.39. The maximum absolute atomic E-state index is 12.3. The number of carbonyl (C=O) groups is 2. The van der Waals surface area contributed by atoms with Gasteiger partial charge >= 0.3 is 11.9 Å². The number of esters is 2. The lowest BCUT2D eigenvalue weighted by atomic mass is 9.85. The highest BCUT2D eigenvalue weighted by atomic mass is 16.6. The minimum atomic E-state index is -0.660. The van der Waals surface area contributed by atoms with Crippen LogP contribution in [0.2, 0.25) is 0 Å². The van der Waals surface area contributed by atoms with Gasteiger partial charge < -0.3 is 19.7 Å². The molecule has 0 spiro atoms. The van der Waals surface area contributed by atoms with Crippen molar-refractivity contribution in [2.24, 2.45) is 5.92 Å². The fraction of sp³-hybridized carbons (Fsp3) is 0.500. The summed E-state index contributed by atoms with van der Waals surface area (Å²) in [5.74, 6) is -1.61. The van der Waals surface area contributed by atoms with Gasteiger partial charge in [-0.05, 0) is 44.9 Å². The van der Waals surface area contributed by atoms with Gasteiger partial charge in [-0.15, -0.1) is 0 Å². The molecule has 0 bridgehead atoms. The highest BCUT2D eigenvalue weighted by molar-refractivity contribution is 5.92. The number of fused-ring (bicyclic) bond motifs is 1. The van der Waals surface area contributed by atoms with Crippen molar-refractivity contribution in [3.05, 3.63) is 47.1 Å². The molecule has 2 N–H and O–H groups in total. The van der Waals surface area contributed by atoms with Crippen molar-refractivity contribution in [1.29, 1.82) is 0 Å². The second-order valence-electron chi connectivity index (χ2n) is 6.85. The van der Waals surface area contributed by atoms with E-state index in [4.69, 9.17) is 14.6 Å². The molecule has 6 heteroatoms. The molecule has 142 valence electrons. The minimum absolute atomic E-state index is 0.253. The molecule has 0 aromatic rings. The van der Waals surface area contributed by atoms with E-state index in [1.807, 2.05) is 13.0 Å². The van der Waals surface area contributed by atoms with Gasteiger partial charge in [-0.1, -0.05) is 18.2 Å². The molecule has 1 aliphatic carbocycles. The Hall–Kier alpha value is -2.18. The molecule has 0 amide bonds. The minimum Gasteiger partial charge on any atom is -0.458 e. The van der Waals surface area contributed by atoms with Crippen LogP contribution in [0.1, 0.15) is 33.6 Å². The molecule has 6 nitrogen and oxygen atoms in total. The van der Waals surface area contributed by atoms with Crippen molar-refractivity contribution >= 4 is 11.9 Å². The summed E-state index contributed by atoms with van der Waals surface area (Å²) in [6.45, 7) is 8.79. The lowest BCUT2D eigenvalue weighted by molar-refractivity contribution is -0.147. The molecule has 0 radical (unpaired) electrons. The van der Waals surface area contributed by atoms with E-state index in [9.17, 15) is 14.7 Å². The summed E-state index contributed by atoms with van der Waals surface area (Å²) in [7, 11) is 0. The summed E-state index contributed by atoms with van der Waals surface area (Å²) in [6, 6.07) is 0. The number of rotatable bonds is 3. The van der Waals surface area contributed by atoms with Gasteiger partial charge in [0.1, 0.15) is 12.2 Å². The predicted molar refractivity (Wildman–Crippen MR) is 96.0 cm³/mol. The van der Waals surface area contributed by atoms with E-state index < -0.39 is 36.2 Å². The smallest absolute Gasteiger partial charge is 0.334 e. The number of hydrogen-bond acceptors (Lipinski definition) is 6. The first-order valence-corrected chi connectivity index (χ1v) is 8.65. The van der Waals surface area contributed by atoms with E-state index in [0.717, 1.165) is 5.57 Å². The maximum atomic E-state index is 12.3. The normalized spacial score (nSPS) is 30.1. The van der Waals surface area contributed by atoms with Crippen molar-refractivity contribution in [1.82, 2.24) is 0 Å². The van der Waals surface area contributed by atoms with Crippen LogP contribution >= 0.6 is 0 Å². The van der Waals surface area contributed by atoms with E-state index in [0.29, 0.717) is 24.0 Å². The Morgan fingerprint density at radius 2 is 2.15 bits per heavy atom. The molecule has 2 aliphatic rings. The third-order valence-corrected chi connectivity index (χ3v) is 4.81. The lowest BCUT2D eigenvalue weighted by Gasteiger charge is -2.28. The van der Waals surface area contributed by atoms with Gasteiger partial charge in [0.05, 0.1) is 18.6 Å². The van der Waals surface area contributed by atoms with Crippen molar-refractivity contribution in [2.75, 3.05) is 6.61 Å². The molecule has 26 heavy (non-hydrogen) atoms. The molecule has 1 heterocycles. The standard InChI is InChI=1S/C20H26O6/c1-11-5-6-15(22)13(3)10-17-18(14(4)20(24)26-17)16(9-11)25-19(23)12(2)7-8-21/h5,7,10,15-18,21-22H,4,6,8-9H2,1-3H3/t15-,16-,17-,18-/m1/s1. The average Bonchev–Trinajstić information content (AvgIpc) is 2.85. The fourth-order valence-corrected chi connectivity index (χ4v) is 3.14. The van der Waals surface area contributed by atoms with E-state index in [-0.39, 0.29) is 12.2 Å². The molecule has 1 fully saturated rings. The topological polar surface area (TPSA) is 93.1 Å². The van der Waals surface area contributed by atoms with Crippen LogP contribution in [0.3, 0.4) is 0 Å². The quantitative estimate of drug-likeness (QED) is 0.453. The first-order chi connectivity index (χ1) is 12.2. The number of aliphatic hydroxyl groups excluding tert-OH is 2. The van der Waals surface area contributed by atoms with Crippen LogP contribution < -0.4 is 0 Å². The van der Waals surface area contributed by atoms with Gasteiger partial charge in [-0.25, -0.2) is 9.59 Å². The predicted octanol–water partition coefficient (Wildman–Crippen LogP) is 1.98. The third kappa shape index (κ3) is 4.51. The third-order valence-electron chi connectivity index (χ3n) is 4.81. The van der Waals surface area contributed by atoms with Crippen molar-refractivity contribution in [3.8, 4) is 0 Å². The number of ether oxygens (including phenoxy) is 2. The van der Waals surface area contributed by atoms with E-state index >= 15 is 0 Å². The van der Waals surface area contributed by atoms with Gasteiger partial charge in [-0.2, -0.15) is 0 Å². The molecule has 0 saturated carbocycles. The van der Waals surface area contributed by atoms with E-state index in [2.05, 4.69) is 6.58 Å². The Kier molecular flexibility index (Phi) is 6.56. The second-order valence-corrected chi connectivity index (χ2v) is 6.85. The van der Waals surface area contributed by atoms with Crippen molar-refractivity contribution in [2.45, 2.75) is 51.9 Å². The zero-order valence-corrected chi connectivity index (χ0v) is 15.4. The molecular weight excluding hydrogens is 336 g/mol. The first kappa shape index (κ1) is 20.1. The molecule has 0 unspecified atom stereocenters. The molecule has 2 rings (SSSR count). The number of carbonyl (C=O) groups excluding carboxylic acids is 2. The van der Waals surface area contributed by atoms with E-state index in [1.54, 1.807) is 19.9 Å². The summed E-state index contributed by atoms with van der Waals surface area (Å²) in [5.41, 5.74) is 2.17. The van der Waals surface area contributed by atoms with Crippen LogP contribution in [-0.4, -0.2) is 47.1 Å². The molecule has 1 aliphatic heterocycles. The van der Waals surface area contributed by atoms with Gasteiger partial charge in [0, 0.05) is 17.6 Å². The Bertz CT molecular complexity index is 684. The second kappa shape index (κ2) is 8.47. The van der Waals surface area contributed by atoms with Gasteiger partial charge in [0.25, 0.3) is 0 Å². The zero-order valence-electron chi connectivity index (χ0n) is 15.4. The largest absolute Gasteiger partial charge is 0.458 e. The van der Waals surface area contributed by atoms with Gasteiger partial charge in [-0.3, -0.25) is 0 Å². The van der Waals surface area contributed by atoms with Crippen LogP contribution in [0.4, 0.5) is 0 Å². The lowest BCUT2D eigenvalue weighted by Crippen LogP contribution is -2.34. The summed E-state index contributed by atoms with van der Waals surface area (Å²) in [5, 5.41) is 19.2. The Morgan fingerprint density at radius 1 is 1.46 bits per heavy atom. The van der Waals surface area contributed by atoms with Crippen LogP contribution in [0.5, 0.6) is 0 Å². The number of aliphatic hydroxyl groups is 2. The highest BCUT2D eigenvalue weighted by Crippen LogP contribution is 2.36. The highest BCUT2D eigenvalue weighted by Gasteiger charge is 2.44. The average molecular weight is 362 g/mol. The molecule has 1 saturated heterocycles.